The largest absolute Gasteiger partial charge is 0.481 e. The van der Waals surface area contributed by atoms with Gasteiger partial charge in [0.25, 0.3) is 5.91 Å². The molecule has 0 heterocycles. The Labute approximate surface area is 139 Å². The van der Waals surface area contributed by atoms with Gasteiger partial charge in [0, 0.05) is 16.5 Å². The lowest BCUT2D eigenvalue weighted by molar-refractivity contribution is -0.137. The van der Waals surface area contributed by atoms with Gasteiger partial charge in [0.2, 0.25) is 0 Å². The Hall–Kier alpha value is -1.11. The zero-order valence-electron chi connectivity index (χ0n) is 12.4. The van der Waals surface area contributed by atoms with Crippen molar-refractivity contribution in [3.05, 3.63) is 33.4 Å². The van der Waals surface area contributed by atoms with Crippen LogP contribution in [0.2, 0.25) is 0 Å². The van der Waals surface area contributed by atoms with Gasteiger partial charge < -0.3 is 10.4 Å². The highest BCUT2D eigenvalue weighted by atomic mass is 127. The normalized spacial score (nSPS) is 12.2. The van der Waals surface area contributed by atoms with Crippen LogP contribution in [0.5, 0.6) is 0 Å². The van der Waals surface area contributed by atoms with Gasteiger partial charge in [-0.2, -0.15) is 0 Å². The third-order valence-corrected chi connectivity index (χ3v) is 4.53. The Morgan fingerprint density at radius 2 is 1.90 bits per heavy atom. The maximum Gasteiger partial charge on any atom is 0.303 e. The van der Waals surface area contributed by atoms with Gasteiger partial charge in [0.15, 0.2) is 0 Å². The summed E-state index contributed by atoms with van der Waals surface area (Å²) >= 11 is 2.15. The van der Waals surface area contributed by atoms with E-state index in [1.807, 2.05) is 24.3 Å². The van der Waals surface area contributed by atoms with E-state index in [4.69, 9.17) is 5.11 Å². The van der Waals surface area contributed by atoms with Gasteiger partial charge in [-0.25, -0.2) is 0 Å². The van der Waals surface area contributed by atoms with Crippen LogP contribution in [0.15, 0.2) is 24.3 Å². The van der Waals surface area contributed by atoms with Crippen LogP contribution in [0.3, 0.4) is 0 Å². The van der Waals surface area contributed by atoms with Gasteiger partial charge in [-0.3, -0.25) is 9.59 Å². The maximum atomic E-state index is 12.1. The fraction of sp³-hybridized carbons (Fsp3) is 0.500. The van der Waals surface area contributed by atoms with E-state index in [0.717, 1.165) is 9.99 Å². The lowest BCUT2D eigenvalue weighted by atomic mass is 9.88. The molecule has 0 aliphatic carbocycles. The predicted molar refractivity (Wildman–Crippen MR) is 91.3 cm³/mol. The molecule has 0 aliphatic heterocycles. The molecule has 0 saturated heterocycles. The van der Waals surface area contributed by atoms with E-state index < -0.39 is 5.97 Å². The van der Waals surface area contributed by atoms with Crippen LogP contribution in [-0.2, 0) is 4.79 Å². The molecular formula is C16H22INO3. The smallest absolute Gasteiger partial charge is 0.303 e. The minimum Gasteiger partial charge on any atom is -0.481 e. The van der Waals surface area contributed by atoms with Gasteiger partial charge in [-0.1, -0.05) is 26.0 Å². The number of benzene rings is 1. The number of carboxylic acids is 1. The van der Waals surface area contributed by atoms with E-state index in [0.29, 0.717) is 30.4 Å². The van der Waals surface area contributed by atoms with Gasteiger partial charge in [0.1, 0.15) is 0 Å². The van der Waals surface area contributed by atoms with Crippen molar-refractivity contribution in [2.45, 2.75) is 33.1 Å². The Kier molecular flexibility index (Phi) is 7.71. The van der Waals surface area contributed by atoms with E-state index in [9.17, 15) is 9.59 Å². The van der Waals surface area contributed by atoms with Crippen LogP contribution in [0, 0.1) is 15.4 Å². The minimum absolute atomic E-state index is 0.0688. The topological polar surface area (TPSA) is 66.4 Å². The van der Waals surface area contributed by atoms with E-state index in [2.05, 4.69) is 41.8 Å². The fourth-order valence-electron chi connectivity index (χ4n) is 2.23. The third-order valence-electron chi connectivity index (χ3n) is 3.59. The van der Waals surface area contributed by atoms with Crippen molar-refractivity contribution >= 4 is 34.5 Å². The van der Waals surface area contributed by atoms with Crippen molar-refractivity contribution in [1.82, 2.24) is 5.32 Å². The molecule has 4 nitrogen and oxygen atoms in total. The Morgan fingerprint density at radius 1 is 1.24 bits per heavy atom. The van der Waals surface area contributed by atoms with E-state index in [-0.39, 0.29) is 12.3 Å². The number of amides is 1. The van der Waals surface area contributed by atoms with Gasteiger partial charge in [0.05, 0.1) is 5.56 Å². The monoisotopic (exact) mass is 403 g/mol. The van der Waals surface area contributed by atoms with Crippen LogP contribution in [0.4, 0.5) is 0 Å². The van der Waals surface area contributed by atoms with Crippen molar-refractivity contribution in [2.75, 3.05) is 6.54 Å². The summed E-state index contributed by atoms with van der Waals surface area (Å²) in [7, 11) is 0. The van der Waals surface area contributed by atoms with Crippen LogP contribution >= 0.6 is 22.6 Å². The second-order valence-corrected chi connectivity index (χ2v) is 6.62. The molecule has 0 fully saturated rings. The van der Waals surface area contributed by atoms with Crippen molar-refractivity contribution in [1.29, 1.82) is 0 Å². The van der Waals surface area contributed by atoms with Gasteiger partial charge >= 0.3 is 5.97 Å². The van der Waals surface area contributed by atoms with E-state index in [1.165, 1.54) is 0 Å². The first kappa shape index (κ1) is 17.9. The number of carboxylic acid groups (broad SMARTS) is 1. The number of carbonyl (C=O) groups excluding carboxylic acids is 1. The summed E-state index contributed by atoms with van der Waals surface area (Å²) in [6, 6.07) is 7.46. The van der Waals surface area contributed by atoms with Crippen LogP contribution in [-0.4, -0.2) is 23.5 Å². The Balaban J connectivity index is 2.45. The molecule has 0 spiro atoms. The fourth-order valence-corrected chi connectivity index (χ4v) is 2.86. The highest BCUT2D eigenvalue weighted by Crippen LogP contribution is 2.20. The molecule has 116 valence electrons. The number of hydrogen-bond acceptors (Lipinski definition) is 2. The van der Waals surface area contributed by atoms with Crippen LogP contribution in [0.25, 0.3) is 0 Å². The second-order valence-electron chi connectivity index (χ2n) is 5.46. The molecule has 1 amide bonds. The van der Waals surface area contributed by atoms with Gasteiger partial charge in [-0.05, 0) is 59.4 Å². The van der Waals surface area contributed by atoms with Crippen molar-refractivity contribution in [3.63, 3.8) is 0 Å². The molecule has 0 bridgehead atoms. The Morgan fingerprint density at radius 3 is 2.48 bits per heavy atom. The van der Waals surface area contributed by atoms with Crippen molar-refractivity contribution in [3.8, 4) is 0 Å². The Bertz CT molecular complexity index is 488. The van der Waals surface area contributed by atoms with E-state index in [1.54, 1.807) is 0 Å². The maximum absolute atomic E-state index is 12.1. The van der Waals surface area contributed by atoms with E-state index >= 15 is 0 Å². The molecule has 5 heteroatoms. The summed E-state index contributed by atoms with van der Waals surface area (Å²) in [6.45, 7) is 4.76. The standard InChI is InChI=1S/C16H22INO3/c1-11(2)12(7-8-15(19)20)9-10-18-16(21)13-5-3-4-6-14(13)17/h3-6,11-12H,7-10H2,1-2H3,(H,18,21)(H,19,20). The first-order valence-electron chi connectivity index (χ1n) is 7.16. The molecular weight excluding hydrogens is 381 g/mol. The number of rotatable bonds is 8. The summed E-state index contributed by atoms with van der Waals surface area (Å²) in [5.41, 5.74) is 0.685. The summed E-state index contributed by atoms with van der Waals surface area (Å²) in [5, 5.41) is 11.7. The minimum atomic E-state index is -0.761. The lowest BCUT2D eigenvalue weighted by Gasteiger charge is -2.20. The first-order chi connectivity index (χ1) is 9.91. The molecule has 0 aromatic heterocycles. The molecule has 0 saturated carbocycles. The molecule has 1 atom stereocenters. The highest BCUT2D eigenvalue weighted by Gasteiger charge is 2.16. The molecule has 1 aromatic rings. The molecule has 21 heavy (non-hydrogen) atoms. The second kappa shape index (κ2) is 9.02. The average molecular weight is 403 g/mol. The number of carbonyl (C=O) groups is 2. The zero-order valence-corrected chi connectivity index (χ0v) is 14.6. The quantitative estimate of drug-likeness (QED) is 0.653. The van der Waals surface area contributed by atoms with Gasteiger partial charge in [-0.15, -0.1) is 0 Å². The number of aliphatic carboxylic acids is 1. The number of nitrogens with one attached hydrogen (secondary N) is 1. The van der Waals surface area contributed by atoms with Crippen LogP contribution < -0.4 is 5.32 Å². The summed E-state index contributed by atoms with van der Waals surface area (Å²) in [4.78, 5) is 22.7. The lowest BCUT2D eigenvalue weighted by Crippen LogP contribution is -2.27. The SMILES string of the molecule is CC(C)C(CCNC(=O)c1ccccc1I)CCC(=O)O. The third kappa shape index (κ3) is 6.46. The summed E-state index contributed by atoms with van der Waals surface area (Å²) in [5.74, 6) is -0.0985. The number of halogens is 1. The summed E-state index contributed by atoms with van der Waals surface area (Å²) < 4.78 is 0.930. The van der Waals surface area contributed by atoms with Crippen molar-refractivity contribution < 1.29 is 14.7 Å². The first-order valence-corrected chi connectivity index (χ1v) is 8.24. The summed E-state index contributed by atoms with van der Waals surface area (Å²) in [6.07, 6.45) is 1.65. The molecule has 0 radical (unpaired) electrons. The molecule has 1 unspecified atom stereocenters. The molecule has 1 aromatic carbocycles. The average Bonchev–Trinajstić information content (AvgIpc) is 2.42. The highest BCUT2D eigenvalue weighted by molar-refractivity contribution is 14.1. The molecule has 1 rings (SSSR count). The van der Waals surface area contributed by atoms with Crippen LogP contribution in [0.1, 0.15) is 43.5 Å². The predicted octanol–water partition coefficient (Wildman–Crippen LogP) is 3.55. The number of hydrogen-bond donors (Lipinski definition) is 2. The molecule has 2 N–H and O–H groups in total. The van der Waals surface area contributed by atoms with Crippen molar-refractivity contribution in [2.24, 2.45) is 11.8 Å². The molecule has 0 aliphatic rings. The zero-order chi connectivity index (χ0) is 15.8.